The van der Waals surface area contributed by atoms with Gasteiger partial charge in [-0.15, -0.1) is 0 Å². The number of fused-ring (bicyclic) bond motifs is 1. The number of rotatable bonds is 5. The molecule has 0 unspecified atom stereocenters. The van der Waals surface area contributed by atoms with Crippen LogP contribution in [0.2, 0.25) is 0 Å². The van der Waals surface area contributed by atoms with Gasteiger partial charge in [0.2, 0.25) is 5.95 Å². The summed E-state index contributed by atoms with van der Waals surface area (Å²) >= 11 is 0. The van der Waals surface area contributed by atoms with Gasteiger partial charge in [0.05, 0.1) is 5.69 Å². The van der Waals surface area contributed by atoms with E-state index in [1.165, 1.54) is 24.4 Å². The summed E-state index contributed by atoms with van der Waals surface area (Å²) in [5.41, 5.74) is -0.170. The van der Waals surface area contributed by atoms with Crippen LogP contribution in [-0.2, 0) is 6.42 Å². The Kier molecular flexibility index (Phi) is 4.63. The SMILES string of the molecule is O=c1[nH]c2nc(NCCc3ccccn3)ncc2c(=O)n1-c1cccc(F)c1. The van der Waals surface area contributed by atoms with E-state index >= 15 is 0 Å². The molecule has 2 N–H and O–H groups in total. The number of H-pyrrole nitrogens is 1. The number of aromatic amines is 1. The lowest BCUT2D eigenvalue weighted by Gasteiger charge is -2.08. The topological polar surface area (TPSA) is 106 Å². The van der Waals surface area contributed by atoms with E-state index in [9.17, 15) is 14.0 Å². The Balaban J connectivity index is 1.63. The first-order chi connectivity index (χ1) is 13.6. The minimum absolute atomic E-state index is 0.109. The van der Waals surface area contributed by atoms with E-state index in [0.29, 0.717) is 13.0 Å². The standard InChI is InChI=1S/C19H15FN6O2/c20-12-4-3-6-14(10-12)26-17(27)15-11-23-18(24-16(15)25-19(26)28)22-9-7-13-5-1-2-8-21-13/h1-6,8,10-11H,7,9H2,(H2,22,23,24,25,28). The zero-order chi connectivity index (χ0) is 19.5. The quantitative estimate of drug-likeness (QED) is 0.547. The van der Waals surface area contributed by atoms with E-state index in [1.54, 1.807) is 6.20 Å². The van der Waals surface area contributed by atoms with Gasteiger partial charge in [0, 0.05) is 31.1 Å². The van der Waals surface area contributed by atoms with Gasteiger partial charge < -0.3 is 5.32 Å². The Morgan fingerprint density at radius 3 is 2.79 bits per heavy atom. The van der Waals surface area contributed by atoms with Crippen molar-refractivity contribution in [3.05, 3.63) is 87.2 Å². The van der Waals surface area contributed by atoms with Crippen LogP contribution in [0.4, 0.5) is 10.3 Å². The van der Waals surface area contributed by atoms with Crippen LogP contribution < -0.4 is 16.6 Å². The molecule has 0 saturated carbocycles. The maximum atomic E-state index is 13.5. The van der Waals surface area contributed by atoms with Crippen LogP contribution in [0, 0.1) is 5.82 Å². The van der Waals surface area contributed by atoms with E-state index in [-0.39, 0.29) is 22.7 Å². The van der Waals surface area contributed by atoms with Gasteiger partial charge in [-0.25, -0.2) is 18.7 Å². The largest absolute Gasteiger partial charge is 0.354 e. The van der Waals surface area contributed by atoms with Gasteiger partial charge in [-0.05, 0) is 30.3 Å². The molecule has 4 aromatic rings. The Morgan fingerprint density at radius 2 is 2.00 bits per heavy atom. The number of hydrogen-bond donors (Lipinski definition) is 2. The maximum absolute atomic E-state index is 13.5. The molecule has 0 spiro atoms. The smallest absolute Gasteiger partial charge is 0.334 e. The van der Waals surface area contributed by atoms with Gasteiger partial charge in [-0.1, -0.05) is 12.1 Å². The van der Waals surface area contributed by atoms with Crippen LogP contribution in [0.3, 0.4) is 0 Å². The van der Waals surface area contributed by atoms with E-state index in [1.807, 2.05) is 18.2 Å². The van der Waals surface area contributed by atoms with Crippen molar-refractivity contribution in [1.29, 1.82) is 0 Å². The molecule has 4 rings (SSSR count). The fourth-order valence-electron chi connectivity index (χ4n) is 2.79. The molecule has 0 bridgehead atoms. The Morgan fingerprint density at radius 1 is 1.11 bits per heavy atom. The minimum atomic E-state index is -0.707. The lowest BCUT2D eigenvalue weighted by Crippen LogP contribution is -2.34. The second kappa shape index (κ2) is 7.39. The van der Waals surface area contributed by atoms with Crippen molar-refractivity contribution >= 4 is 17.0 Å². The minimum Gasteiger partial charge on any atom is -0.354 e. The number of aromatic nitrogens is 5. The molecule has 28 heavy (non-hydrogen) atoms. The summed E-state index contributed by atoms with van der Waals surface area (Å²) in [5.74, 6) is -0.269. The second-order valence-electron chi connectivity index (χ2n) is 6.00. The fourth-order valence-corrected chi connectivity index (χ4v) is 2.79. The number of pyridine rings is 1. The number of benzene rings is 1. The van der Waals surface area contributed by atoms with Crippen LogP contribution in [0.5, 0.6) is 0 Å². The van der Waals surface area contributed by atoms with Gasteiger partial charge in [0.15, 0.2) is 5.65 Å². The Bertz CT molecular complexity index is 1250. The lowest BCUT2D eigenvalue weighted by molar-refractivity contribution is 0.626. The van der Waals surface area contributed by atoms with Crippen molar-refractivity contribution in [2.75, 3.05) is 11.9 Å². The third kappa shape index (κ3) is 3.50. The predicted octanol–water partition coefficient (Wildman–Crippen LogP) is 1.66. The van der Waals surface area contributed by atoms with E-state index < -0.39 is 17.1 Å². The Hall–Kier alpha value is -3.88. The van der Waals surface area contributed by atoms with Crippen LogP contribution in [0.15, 0.2) is 64.4 Å². The van der Waals surface area contributed by atoms with Crippen molar-refractivity contribution in [3.8, 4) is 5.69 Å². The van der Waals surface area contributed by atoms with Gasteiger partial charge in [-0.3, -0.25) is 14.8 Å². The highest BCUT2D eigenvalue weighted by atomic mass is 19.1. The van der Waals surface area contributed by atoms with Gasteiger partial charge in [-0.2, -0.15) is 4.98 Å². The summed E-state index contributed by atoms with van der Waals surface area (Å²) in [7, 11) is 0. The molecule has 1 aromatic carbocycles. The molecule has 0 saturated heterocycles. The molecule has 0 atom stereocenters. The maximum Gasteiger partial charge on any atom is 0.334 e. The molecular weight excluding hydrogens is 363 g/mol. The lowest BCUT2D eigenvalue weighted by atomic mass is 10.3. The summed E-state index contributed by atoms with van der Waals surface area (Å²) in [5, 5.41) is 3.16. The summed E-state index contributed by atoms with van der Waals surface area (Å²) in [6.07, 6.45) is 3.72. The molecule has 8 nitrogen and oxygen atoms in total. The predicted molar refractivity (Wildman–Crippen MR) is 102 cm³/mol. The molecule has 0 fully saturated rings. The van der Waals surface area contributed by atoms with Gasteiger partial charge in [0.1, 0.15) is 11.2 Å². The number of nitrogens with one attached hydrogen (secondary N) is 2. The van der Waals surface area contributed by atoms with Gasteiger partial charge in [0.25, 0.3) is 5.56 Å². The van der Waals surface area contributed by atoms with E-state index in [2.05, 4.69) is 25.3 Å². The van der Waals surface area contributed by atoms with Crippen LogP contribution in [0.25, 0.3) is 16.7 Å². The molecule has 0 aliphatic rings. The van der Waals surface area contributed by atoms with Gasteiger partial charge >= 0.3 is 5.69 Å². The number of nitrogens with zero attached hydrogens (tertiary/aromatic N) is 4. The average molecular weight is 378 g/mol. The monoisotopic (exact) mass is 378 g/mol. The first kappa shape index (κ1) is 17.5. The van der Waals surface area contributed by atoms with Crippen molar-refractivity contribution in [2.24, 2.45) is 0 Å². The van der Waals surface area contributed by atoms with Crippen molar-refractivity contribution in [2.45, 2.75) is 6.42 Å². The third-order valence-electron chi connectivity index (χ3n) is 4.11. The molecule has 140 valence electrons. The zero-order valence-electron chi connectivity index (χ0n) is 14.6. The number of anilines is 1. The molecular formula is C19H15FN6O2. The summed E-state index contributed by atoms with van der Waals surface area (Å²) in [6.45, 7) is 0.535. The summed E-state index contributed by atoms with van der Waals surface area (Å²) in [4.78, 5) is 40.2. The molecule has 0 radical (unpaired) electrons. The van der Waals surface area contributed by atoms with Crippen molar-refractivity contribution in [3.63, 3.8) is 0 Å². The molecule has 9 heteroatoms. The molecule has 3 heterocycles. The number of hydrogen-bond acceptors (Lipinski definition) is 6. The van der Waals surface area contributed by atoms with Crippen LogP contribution >= 0.6 is 0 Å². The molecule has 0 aliphatic carbocycles. The van der Waals surface area contributed by atoms with Crippen molar-refractivity contribution < 1.29 is 4.39 Å². The highest BCUT2D eigenvalue weighted by Gasteiger charge is 2.12. The molecule has 0 aliphatic heterocycles. The van der Waals surface area contributed by atoms with Crippen molar-refractivity contribution in [1.82, 2.24) is 24.5 Å². The summed E-state index contributed by atoms with van der Waals surface area (Å²) < 4.78 is 14.3. The van der Waals surface area contributed by atoms with Crippen LogP contribution in [0.1, 0.15) is 5.69 Å². The highest BCUT2D eigenvalue weighted by molar-refractivity contribution is 5.73. The van der Waals surface area contributed by atoms with E-state index in [4.69, 9.17) is 0 Å². The highest BCUT2D eigenvalue weighted by Crippen LogP contribution is 2.09. The first-order valence-electron chi connectivity index (χ1n) is 8.53. The average Bonchev–Trinajstić information content (AvgIpc) is 2.69. The fraction of sp³-hybridized carbons (Fsp3) is 0.105. The van der Waals surface area contributed by atoms with E-state index in [0.717, 1.165) is 16.3 Å². The number of halogens is 1. The molecule has 3 aromatic heterocycles. The Labute approximate surface area is 157 Å². The first-order valence-corrected chi connectivity index (χ1v) is 8.53. The second-order valence-corrected chi connectivity index (χ2v) is 6.00. The summed E-state index contributed by atoms with van der Waals surface area (Å²) in [6, 6.07) is 10.9. The zero-order valence-corrected chi connectivity index (χ0v) is 14.6. The molecule has 0 amide bonds. The normalized spacial score (nSPS) is 10.9. The van der Waals surface area contributed by atoms with Crippen LogP contribution in [-0.4, -0.2) is 31.0 Å². The third-order valence-corrected chi connectivity index (χ3v) is 4.11.